The van der Waals surface area contributed by atoms with Crippen LogP contribution in [0.1, 0.15) is 25.5 Å². The molecule has 0 saturated carbocycles. The molecule has 0 bridgehead atoms. The molecule has 110 valence electrons. The standard InChI is InChI=1S/C15H23N3O2/c1-11-10-17(3)7-8-18(11)15(20)16-14-6-4-5-13(9-14)12(2)19/h4-6,9,11-12,19H,7-8,10H2,1-3H3,(H,16,20). The van der Waals surface area contributed by atoms with E-state index in [9.17, 15) is 9.90 Å². The summed E-state index contributed by atoms with van der Waals surface area (Å²) < 4.78 is 0. The molecular weight excluding hydrogens is 254 g/mol. The van der Waals surface area contributed by atoms with E-state index in [1.54, 1.807) is 6.92 Å². The van der Waals surface area contributed by atoms with E-state index >= 15 is 0 Å². The minimum absolute atomic E-state index is 0.0756. The molecule has 20 heavy (non-hydrogen) atoms. The second kappa shape index (κ2) is 6.24. The monoisotopic (exact) mass is 277 g/mol. The zero-order valence-corrected chi connectivity index (χ0v) is 12.3. The lowest BCUT2D eigenvalue weighted by Gasteiger charge is -2.38. The van der Waals surface area contributed by atoms with Crippen molar-refractivity contribution in [2.45, 2.75) is 26.0 Å². The number of hydrogen-bond acceptors (Lipinski definition) is 3. The number of benzene rings is 1. The summed E-state index contributed by atoms with van der Waals surface area (Å²) in [6, 6.07) is 7.46. The molecule has 0 aromatic heterocycles. The summed E-state index contributed by atoms with van der Waals surface area (Å²) in [5.41, 5.74) is 1.52. The Hall–Kier alpha value is -1.59. The number of amides is 2. The van der Waals surface area contributed by atoms with Crippen LogP contribution < -0.4 is 5.32 Å². The number of urea groups is 1. The lowest BCUT2D eigenvalue weighted by atomic mass is 10.1. The highest BCUT2D eigenvalue weighted by Crippen LogP contribution is 2.18. The lowest BCUT2D eigenvalue weighted by Crippen LogP contribution is -2.53. The smallest absolute Gasteiger partial charge is 0.322 e. The van der Waals surface area contributed by atoms with E-state index in [2.05, 4.69) is 24.2 Å². The van der Waals surface area contributed by atoms with Crippen LogP contribution in [-0.2, 0) is 0 Å². The third kappa shape index (κ3) is 3.49. The highest BCUT2D eigenvalue weighted by atomic mass is 16.3. The van der Waals surface area contributed by atoms with Crippen molar-refractivity contribution in [1.29, 1.82) is 0 Å². The number of rotatable bonds is 2. The summed E-state index contributed by atoms with van der Waals surface area (Å²) >= 11 is 0. The van der Waals surface area contributed by atoms with Crippen molar-refractivity contribution in [3.8, 4) is 0 Å². The van der Waals surface area contributed by atoms with Crippen molar-refractivity contribution in [2.24, 2.45) is 0 Å². The number of nitrogens with zero attached hydrogens (tertiary/aromatic N) is 2. The highest BCUT2D eigenvalue weighted by Gasteiger charge is 2.25. The number of piperazine rings is 1. The van der Waals surface area contributed by atoms with Crippen LogP contribution in [0.15, 0.2) is 24.3 Å². The molecule has 1 aliphatic heterocycles. The molecule has 2 atom stereocenters. The topological polar surface area (TPSA) is 55.8 Å². The number of anilines is 1. The van der Waals surface area contributed by atoms with Gasteiger partial charge in [0.2, 0.25) is 0 Å². The molecule has 1 saturated heterocycles. The predicted octanol–water partition coefficient (Wildman–Crippen LogP) is 1.91. The number of carbonyl (C=O) groups is 1. The van der Waals surface area contributed by atoms with Gasteiger partial charge in [-0.1, -0.05) is 12.1 Å². The van der Waals surface area contributed by atoms with Gasteiger partial charge in [0, 0.05) is 31.4 Å². The highest BCUT2D eigenvalue weighted by molar-refractivity contribution is 5.89. The van der Waals surface area contributed by atoms with Gasteiger partial charge in [-0.2, -0.15) is 0 Å². The van der Waals surface area contributed by atoms with Gasteiger partial charge in [-0.05, 0) is 38.6 Å². The summed E-state index contributed by atoms with van der Waals surface area (Å²) in [5.74, 6) is 0. The van der Waals surface area contributed by atoms with Gasteiger partial charge in [-0.25, -0.2) is 4.79 Å². The lowest BCUT2D eigenvalue weighted by molar-refractivity contribution is 0.125. The second-order valence-corrected chi connectivity index (χ2v) is 5.54. The van der Waals surface area contributed by atoms with E-state index in [4.69, 9.17) is 0 Å². The average Bonchev–Trinajstić information content (AvgIpc) is 2.38. The molecule has 0 spiro atoms. The van der Waals surface area contributed by atoms with Gasteiger partial charge in [-0.3, -0.25) is 0 Å². The Bertz CT molecular complexity index is 476. The minimum Gasteiger partial charge on any atom is -0.389 e. The zero-order valence-electron chi connectivity index (χ0n) is 12.3. The fourth-order valence-electron chi connectivity index (χ4n) is 2.51. The maximum Gasteiger partial charge on any atom is 0.322 e. The molecular formula is C15H23N3O2. The molecule has 2 unspecified atom stereocenters. The Labute approximate surface area is 120 Å². The number of likely N-dealkylation sites (N-methyl/N-ethyl adjacent to an activating group) is 1. The Morgan fingerprint density at radius 3 is 2.85 bits per heavy atom. The van der Waals surface area contributed by atoms with Crippen LogP contribution >= 0.6 is 0 Å². The first-order valence-corrected chi connectivity index (χ1v) is 7.01. The van der Waals surface area contributed by atoms with Crippen LogP contribution in [-0.4, -0.2) is 53.7 Å². The van der Waals surface area contributed by atoms with Crippen LogP contribution in [0.2, 0.25) is 0 Å². The van der Waals surface area contributed by atoms with Crippen molar-refractivity contribution in [2.75, 3.05) is 32.0 Å². The maximum atomic E-state index is 12.3. The predicted molar refractivity (Wildman–Crippen MR) is 79.8 cm³/mol. The van der Waals surface area contributed by atoms with Gasteiger partial charge < -0.3 is 20.2 Å². The molecule has 1 aromatic rings. The molecule has 1 aliphatic rings. The van der Waals surface area contributed by atoms with Crippen LogP contribution in [0.5, 0.6) is 0 Å². The molecule has 5 heteroatoms. The summed E-state index contributed by atoms with van der Waals surface area (Å²) in [7, 11) is 2.07. The second-order valence-electron chi connectivity index (χ2n) is 5.54. The van der Waals surface area contributed by atoms with Gasteiger partial charge in [0.1, 0.15) is 0 Å². The largest absolute Gasteiger partial charge is 0.389 e. The third-order valence-corrected chi connectivity index (χ3v) is 3.71. The summed E-state index contributed by atoms with van der Waals surface area (Å²) in [4.78, 5) is 16.4. The van der Waals surface area contributed by atoms with E-state index in [0.29, 0.717) is 0 Å². The van der Waals surface area contributed by atoms with E-state index in [0.717, 1.165) is 30.9 Å². The molecule has 2 amide bonds. The third-order valence-electron chi connectivity index (χ3n) is 3.71. The van der Waals surface area contributed by atoms with E-state index < -0.39 is 6.10 Å². The fourth-order valence-corrected chi connectivity index (χ4v) is 2.51. The van der Waals surface area contributed by atoms with Gasteiger partial charge in [0.25, 0.3) is 0 Å². The molecule has 0 radical (unpaired) electrons. The molecule has 1 aromatic carbocycles. The van der Waals surface area contributed by atoms with E-state index in [1.165, 1.54) is 0 Å². The van der Waals surface area contributed by atoms with E-state index in [-0.39, 0.29) is 12.1 Å². The Balaban J connectivity index is 2.02. The first-order valence-electron chi connectivity index (χ1n) is 7.01. The first-order chi connectivity index (χ1) is 9.47. The normalized spacial score (nSPS) is 21.6. The van der Waals surface area contributed by atoms with Crippen molar-refractivity contribution in [3.05, 3.63) is 29.8 Å². The first kappa shape index (κ1) is 14.8. The molecule has 2 rings (SSSR count). The van der Waals surface area contributed by atoms with Crippen LogP contribution in [0.3, 0.4) is 0 Å². The Morgan fingerprint density at radius 2 is 2.20 bits per heavy atom. The quantitative estimate of drug-likeness (QED) is 0.868. The van der Waals surface area contributed by atoms with Crippen molar-refractivity contribution < 1.29 is 9.90 Å². The van der Waals surface area contributed by atoms with Crippen molar-refractivity contribution in [3.63, 3.8) is 0 Å². The maximum absolute atomic E-state index is 12.3. The molecule has 1 heterocycles. The summed E-state index contributed by atoms with van der Waals surface area (Å²) in [6.07, 6.45) is -0.533. The fraction of sp³-hybridized carbons (Fsp3) is 0.533. The van der Waals surface area contributed by atoms with Crippen LogP contribution in [0.25, 0.3) is 0 Å². The number of carbonyl (C=O) groups excluding carboxylic acids is 1. The zero-order chi connectivity index (χ0) is 14.7. The van der Waals surface area contributed by atoms with Crippen molar-refractivity contribution in [1.82, 2.24) is 9.80 Å². The number of aliphatic hydroxyl groups is 1. The molecule has 2 N–H and O–H groups in total. The van der Waals surface area contributed by atoms with Crippen molar-refractivity contribution >= 4 is 11.7 Å². The summed E-state index contributed by atoms with van der Waals surface area (Å²) in [6.45, 7) is 6.29. The average molecular weight is 277 g/mol. The Kier molecular flexibility index (Phi) is 4.62. The van der Waals surface area contributed by atoms with Gasteiger partial charge in [-0.15, -0.1) is 0 Å². The Morgan fingerprint density at radius 1 is 1.45 bits per heavy atom. The van der Waals surface area contributed by atoms with Crippen LogP contribution in [0, 0.1) is 0 Å². The molecule has 5 nitrogen and oxygen atoms in total. The van der Waals surface area contributed by atoms with Gasteiger partial charge in [0.15, 0.2) is 0 Å². The molecule has 0 aliphatic carbocycles. The minimum atomic E-state index is -0.533. The van der Waals surface area contributed by atoms with Gasteiger partial charge >= 0.3 is 6.03 Å². The molecule has 1 fully saturated rings. The van der Waals surface area contributed by atoms with Crippen LogP contribution in [0.4, 0.5) is 10.5 Å². The number of hydrogen-bond donors (Lipinski definition) is 2. The number of aliphatic hydroxyl groups excluding tert-OH is 1. The van der Waals surface area contributed by atoms with Gasteiger partial charge in [0.05, 0.1) is 6.10 Å². The SMILES string of the molecule is CC(O)c1cccc(NC(=O)N2CCN(C)CC2C)c1. The van der Waals surface area contributed by atoms with E-state index in [1.807, 2.05) is 29.2 Å². The number of nitrogens with one attached hydrogen (secondary N) is 1. The summed E-state index contributed by atoms with van der Waals surface area (Å²) in [5, 5.41) is 12.5.